The van der Waals surface area contributed by atoms with Crippen LogP contribution in [0.15, 0.2) is 22.0 Å². The maximum atomic E-state index is 6.14. The summed E-state index contributed by atoms with van der Waals surface area (Å²) >= 11 is 1.61. The van der Waals surface area contributed by atoms with Crippen molar-refractivity contribution < 1.29 is 4.52 Å². The zero-order valence-corrected chi connectivity index (χ0v) is 12.5. The van der Waals surface area contributed by atoms with E-state index >= 15 is 0 Å². The minimum Gasteiger partial charge on any atom is -0.333 e. The van der Waals surface area contributed by atoms with E-state index in [0.29, 0.717) is 17.9 Å². The molecule has 0 bridgehead atoms. The number of aromatic nitrogens is 2. The zero-order chi connectivity index (χ0) is 13.9. The van der Waals surface area contributed by atoms with E-state index in [1.807, 2.05) is 17.5 Å². The highest BCUT2D eigenvalue weighted by molar-refractivity contribution is 7.13. The third-order valence-electron chi connectivity index (χ3n) is 3.97. The number of hydrogen-bond acceptors (Lipinski definition) is 6. The molecule has 0 aliphatic carbocycles. The van der Waals surface area contributed by atoms with Crippen LogP contribution in [0.1, 0.15) is 25.6 Å². The number of nitrogens with two attached hydrogens (primary N) is 1. The molecular weight excluding hydrogens is 272 g/mol. The second-order valence-corrected chi connectivity index (χ2v) is 6.30. The summed E-state index contributed by atoms with van der Waals surface area (Å²) in [6.07, 6.45) is 2.18. The average Bonchev–Trinajstić information content (AvgIpc) is 3.11. The molecule has 0 saturated carbocycles. The highest BCUT2D eigenvalue weighted by Crippen LogP contribution is 2.24. The van der Waals surface area contributed by atoms with Crippen molar-refractivity contribution in [3.05, 3.63) is 23.3 Å². The maximum Gasteiger partial charge on any atom is 0.268 e. The van der Waals surface area contributed by atoms with Crippen molar-refractivity contribution in [2.45, 2.75) is 32.4 Å². The van der Waals surface area contributed by atoms with Gasteiger partial charge in [0.1, 0.15) is 0 Å². The molecule has 2 unspecified atom stereocenters. The molecule has 0 amide bonds. The lowest BCUT2D eigenvalue weighted by Crippen LogP contribution is -2.46. The molecule has 3 rings (SSSR count). The fourth-order valence-corrected chi connectivity index (χ4v) is 3.36. The standard InChI is InChI=1S/C14H20N4OS/c1-2-10-8-18(6-5-11(10)15)9-13-16-14(19-17-13)12-4-3-7-20-12/h3-4,7,10-11H,2,5-6,8-9,15H2,1H3. The molecular formula is C14H20N4OS. The first-order valence-corrected chi connectivity index (χ1v) is 7.98. The molecule has 0 radical (unpaired) electrons. The monoisotopic (exact) mass is 292 g/mol. The molecule has 0 aromatic carbocycles. The van der Waals surface area contributed by atoms with Crippen LogP contribution < -0.4 is 5.73 Å². The fraction of sp³-hybridized carbons (Fsp3) is 0.571. The Kier molecular flexibility index (Phi) is 4.14. The fourth-order valence-electron chi connectivity index (χ4n) is 2.72. The summed E-state index contributed by atoms with van der Waals surface area (Å²) in [5.74, 6) is 1.96. The van der Waals surface area contributed by atoms with E-state index in [1.54, 1.807) is 11.3 Å². The van der Waals surface area contributed by atoms with Crippen LogP contribution in [0.3, 0.4) is 0 Å². The maximum absolute atomic E-state index is 6.14. The van der Waals surface area contributed by atoms with Gasteiger partial charge in [-0.3, -0.25) is 4.90 Å². The Hall–Kier alpha value is -1.24. The van der Waals surface area contributed by atoms with Gasteiger partial charge < -0.3 is 10.3 Å². The van der Waals surface area contributed by atoms with E-state index in [0.717, 1.165) is 43.2 Å². The highest BCUT2D eigenvalue weighted by Gasteiger charge is 2.26. The number of thiophene rings is 1. The predicted octanol–water partition coefficient (Wildman–Crippen LogP) is 2.36. The van der Waals surface area contributed by atoms with Gasteiger partial charge in [0.15, 0.2) is 5.82 Å². The van der Waals surface area contributed by atoms with E-state index < -0.39 is 0 Å². The Balaban J connectivity index is 1.64. The van der Waals surface area contributed by atoms with Gasteiger partial charge in [0, 0.05) is 19.1 Å². The van der Waals surface area contributed by atoms with Gasteiger partial charge in [-0.25, -0.2) is 0 Å². The third kappa shape index (κ3) is 2.92. The SMILES string of the molecule is CCC1CN(Cc2noc(-c3cccs3)n2)CCC1N. The van der Waals surface area contributed by atoms with Crippen LogP contribution in [0, 0.1) is 5.92 Å². The lowest BCUT2D eigenvalue weighted by atomic mass is 9.91. The number of rotatable bonds is 4. The Bertz CT molecular complexity index is 539. The Morgan fingerprint density at radius 3 is 3.20 bits per heavy atom. The molecule has 1 fully saturated rings. The number of nitrogens with zero attached hydrogens (tertiary/aromatic N) is 3. The minimum atomic E-state index is 0.336. The van der Waals surface area contributed by atoms with Gasteiger partial charge in [0.25, 0.3) is 5.89 Å². The zero-order valence-electron chi connectivity index (χ0n) is 11.7. The van der Waals surface area contributed by atoms with Crippen LogP contribution in [-0.4, -0.2) is 34.2 Å². The van der Waals surface area contributed by atoms with Crippen molar-refractivity contribution in [2.75, 3.05) is 13.1 Å². The van der Waals surface area contributed by atoms with Crippen molar-refractivity contribution in [3.63, 3.8) is 0 Å². The molecule has 1 aliphatic heterocycles. The molecule has 2 aromatic rings. The summed E-state index contributed by atoms with van der Waals surface area (Å²) < 4.78 is 5.32. The Labute approximate surface area is 122 Å². The Morgan fingerprint density at radius 1 is 1.55 bits per heavy atom. The summed E-state index contributed by atoms with van der Waals surface area (Å²) in [6, 6.07) is 4.32. The molecule has 0 spiro atoms. The first-order valence-electron chi connectivity index (χ1n) is 7.10. The predicted molar refractivity (Wildman–Crippen MR) is 79.3 cm³/mol. The molecule has 1 aliphatic rings. The van der Waals surface area contributed by atoms with Crippen LogP contribution in [0.4, 0.5) is 0 Å². The summed E-state index contributed by atoms with van der Waals surface area (Å²) in [7, 11) is 0. The summed E-state index contributed by atoms with van der Waals surface area (Å²) in [4.78, 5) is 7.88. The molecule has 6 heteroatoms. The van der Waals surface area contributed by atoms with Gasteiger partial charge in [0.2, 0.25) is 0 Å². The van der Waals surface area contributed by atoms with Crippen molar-refractivity contribution >= 4 is 11.3 Å². The molecule has 1 saturated heterocycles. The quantitative estimate of drug-likeness (QED) is 0.937. The normalized spacial score (nSPS) is 24.1. The van der Waals surface area contributed by atoms with Crippen LogP contribution in [0.25, 0.3) is 10.8 Å². The van der Waals surface area contributed by atoms with E-state index in [-0.39, 0.29) is 0 Å². The number of hydrogen-bond donors (Lipinski definition) is 1. The van der Waals surface area contributed by atoms with Crippen LogP contribution in [0.5, 0.6) is 0 Å². The number of likely N-dealkylation sites (tertiary alicyclic amines) is 1. The van der Waals surface area contributed by atoms with Crippen LogP contribution in [-0.2, 0) is 6.54 Å². The van der Waals surface area contributed by atoms with Crippen molar-refractivity contribution in [1.29, 1.82) is 0 Å². The van der Waals surface area contributed by atoms with E-state index in [2.05, 4.69) is 22.0 Å². The third-order valence-corrected chi connectivity index (χ3v) is 4.82. The van der Waals surface area contributed by atoms with Gasteiger partial charge in [-0.05, 0) is 23.8 Å². The van der Waals surface area contributed by atoms with Gasteiger partial charge in [-0.2, -0.15) is 4.98 Å². The average molecular weight is 292 g/mol. The molecule has 2 N–H and O–H groups in total. The lowest BCUT2D eigenvalue weighted by Gasteiger charge is -2.35. The van der Waals surface area contributed by atoms with E-state index in [1.165, 1.54) is 0 Å². The minimum absolute atomic E-state index is 0.336. The molecule has 2 atom stereocenters. The van der Waals surface area contributed by atoms with E-state index in [9.17, 15) is 0 Å². The highest BCUT2D eigenvalue weighted by atomic mass is 32.1. The van der Waals surface area contributed by atoms with Crippen molar-refractivity contribution in [3.8, 4) is 10.8 Å². The summed E-state index contributed by atoms with van der Waals surface area (Å²) in [5.41, 5.74) is 6.14. The van der Waals surface area contributed by atoms with E-state index in [4.69, 9.17) is 10.3 Å². The first kappa shape index (κ1) is 13.7. The van der Waals surface area contributed by atoms with Gasteiger partial charge in [-0.15, -0.1) is 11.3 Å². The smallest absolute Gasteiger partial charge is 0.268 e. The van der Waals surface area contributed by atoms with Crippen LogP contribution in [0.2, 0.25) is 0 Å². The Morgan fingerprint density at radius 2 is 2.45 bits per heavy atom. The van der Waals surface area contributed by atoms with Gasteiger partial charge >= 0.3 is 0 Å². The van der Waals surface area contributed by atoms with Gasteiger partial charge in [0.05, 0.1) is 11.4 Å². The lowest BCUT2D eigenvalue weighted by molar-refractivity contribution is 0.141. The first-order chi connectivity index (χ1) is 9.76. The topological polar surface area (TPSA) is 68.2 Å². The van der Waals surface area contributed by atoms with Crippen LogP contribution >= 0.6 is 11.3 Å². The number of piperidine rings is 1. The largest absolute Gasteiger partial charge is 0.333 e. The summed E-state index contributed by atoms with van der Waals surface area (Å²) in [5, 5.41) is 6.09. The second kappa shape index (κ2) is 6.03. The van der Waals surface area contributed by atoms with Crippen molar-refractivity contribution in [2.24, 2.45) is 11.7 Å². The second-order valence-electron chi connectivity index (χ2n) is 5.35. The van der Waals surface area contributed by atoms with Crippen molar-refractivity contribution in [1.82, 2.24) is 15.0 Å². The molecule has 20 heavy (non-hydrogen) atoms. The molecule has 2 aromatic heterocycles. The molecule has 5 nitrogen and oxygen atoms in total. The molecule has 108 valence electrons. The van der Waals surface area contributed by atoms with Gasteiger partial charge in [-0.1, -0.05) is 24.6 Å². The molecule has 3 heterocycles. The summed E-state index contributed by atoms with van der Waals surface area (Å²) in [6.45, 7) is 5.00.